The SMILES string of the molecule is COCC(C)(CO)COC1(C)CC(C)(C)NC(C)(C)C1. The number of rotatable bonds is 6. The Bertz CT molecular complexity index is 312. The molecule has 1 atom stereocenters. The van der Waals surface area contributed by atoms with E-state index in [1.165, 1.54) is 0 Å². The predicted molar refractivity (Wildman–Crippen MR) is 82.0 cm³/mol. The third-order valence-corrected chi connectivity index (χ3v) is 3.95. The summed E-state index contributed by atoms with van der Waals surface area (Å²) >= 11 is 0. The van der Waals surface area contributed by atoms with Gasteiger partial charge in [0.15, 0.2) is 0 Å². The molecule has 0 bridgehead atoms. The van der Waals surface area contributed by atoms with Crippen molar-refractivity contribution in [1.29, 1.82) is 0 Å². The van der Waals surface area contributed by atoms with Crippen LogP contribution in [0, 0.1) is 5.41 Å². The van der Waals surface area contributed by atoms with E-state index in [1.807, 2.05) is 6.92 Å². The summed E-state index contributed by atoms with van der Waals surface area (Å²) in [5.41, 5.74) is -0.417. The molecule has 1 fully saturated rings. The maximum Gasteiger partial charge on any atom is 0.0689 e. The number of piperidine rings is 1. The van der Waals surface area contributed by atoms with Gasteiger partial charge in [-0.05, 0) is 47.5 Å². The number of ether oxygens (including phenoxy) is 2. The van der Waals surface area contributed by atoms with Crippen LogP contribution in [0.2, 0.25) is 0 Å². The standard InChI is InChI=1S/C16H33NO3/c1-13(2)8-16(6,9-14(3,4)17-13)20-12-15(5,10-18)11-19-7/h17-18H,8-12H2,1-7H3. The molecule has 1 saturated heterocycles. The summed E-state index contributed by atoms with van der Waals surface area (Å²) in [4.78, 5) is 0. The number of aliphatic hydroxyl groups is 1. The van der Waals surface area contributed by atoms with Crippen LogP contribution in [0.15, 0.2) is 0 Å². The summed E-state index contributed by atoms with van der Waals surface area (Å²) in [5.74, 6) is 0. The molecular formula is C16H33NO3. The maximum atomic E-state index is 9.56. The van der Waals surface area contributed by atoms with Crippen LogP contribution in [-0.2, 0) is 9.47 Å². The molecule has 4 nitrogen and oxygen atoms in total. The molecule has 1 aliphatic rings. The zero-order chi connectivity index (χ0) is 15.7. The minimum atomic E-state index is -0.336. The second kappa shape index (κ2) is 5.91. The summed E-state index contributed by atoms with van der Waals surface area (Å²) in [7, 11) is 1.66. The fraction of sp³-hybridized carbons (Fsp3) is 1.00. The van der Waals surface area contributed by atoms with E-state index in [9.17, 15) is 5.11 Å². The third kappa shape index (κ3) is 4.99. The van der Waals surface area contributed by atoms with E-state index in [2.05, 4.69) is 39.9 Å². The highest BCUT2D eigenvalue weighted by Gasteiger charge is 2.45. The second-order valence-corrected chi connectivity index (χ2v) is 8.39. The van der Waals surface area contributed by atoms with Crippen molar-refractivity contribution < 1.29 is 14.6 Å². The largest absolute Gasteiger partial charge is 0.396 e. The maximum absolute atomic E-state index is 9.56. The number of hydrogen-bond donors (Lipinski definition) is 2. The minimum absolute atomic E-state index is 0.0490. The molecule has 0 aromatic heterocycles. The van der Waals surface area contributed by atoms with Crippen LogP contribution in [0.4, 0.5) is 0 Å². The van der Waals surface area contributed by atoms with Gasteiger partial charge in [0, 0.05) is 23.6 Å². The van der Waals surface area contributed by atoms with E-state index in [-0.39, 0.29) is 28.7 Å². The Morgan fingerprint density at radius 3 is 1.95 bits per heavy atom. The molecule has 0 radical (unpaired) electrons. The molecule has 4 heteroatoms. The molecule has 1 unspecified atom stereocenters. The first-order chi connectivity index (χ1) is 8.95. The lowest BCUT2D eigenvalue weighted by atomic mass is 9.73. The molecule has 0 aliphatic carbocycles. The Morgan fingerprint density at radius 1 is 1.05 bits per heavy atom. The van der Waals surface area contributed by atoms with Gasteiger partial charge >= 0.3 is 0 Å². The molecule has 1 rings (SSSR count). The van der Waals surface area contributed by atoms with Gasteiger partial charge in [-0.3, -0.25) is 0 Å². The highest BCUT2D eigenvalue weighted by molar-refractivity contribution is 5.03. The van der Waals surface area contributed by atoms with Gasteiger partial charge in [0.05, 0.1) is 25.4 Å². The number of nitrogens with one attached hydrogen (secondary N) is 1. The van der Waals surface area contributed by atoms with Gasteiger partial charge in [-0.1, -0.05) is 6.92 Å². The van der Waals surface area contributed by atoms with E-state index < -0.39 is 0 Å². The van der Waals surface area contributed by atoms with Crippen molar-refractivity contribution >= 4 is 0 Å². The van der Waals surface area contributed by atoms with Gasteiger partial charge in [0.25, 0.3) is 0 Å². The van der Waals surface area contributed by atoms with Gasteiger partial charge in [-0.25, -0.2) is 0 Å². The molecule has 20 heavy (non-hydrogen) atoms. The van der Waals surface area contributed by atoms with E-state index in [0.29, 0.717) is 13.2 Å². The quantitative estimate of drug-likeness (QED) is 0.787. The molecule has 1 heterocycles. The first-order valence-corrected chi connectivity index (χ1v) is 7.48. The molecule has 0 aromatic rings. The van der Waals surface area contributed by atoms with E-state index in [0.717, 1.165) is 12.8 Å². The lowest BCUT2D eigenvalue weighted by molar-refractivity contribution is -0.136. The molecule has 0 aromatic carbocycles. The van der Waals surface area contributed by atoms with Gasteiger partial charge in [-0.2, -0.15) is 0 Å². The van der Waals surface area contributed by atoms with Gasteiger partial charge in [0.1, 0.15) is 0 Å². The molecule has 120 valence electrons. The van der Waals surface area contributed by atoms with E-state index >= 15 is 0 Å². The Balaban J connectivity index is 2.74. The monoisotopic (exact) mass is 287 g/mol. The van der Waals surface area contributed by atoms with Crippen LogP contribution in [-0.4, -0.2) is 48.7 Å². The Morgan fingerprint density at radius 2 is 1.55 bits per heavy atom. The zero-order valence-corrected chi connectivity index (χ0v) is 14.3. The second-order valence-electron chi connectivity index (χ2n) is 8.39. The Hall–Kier alpha value is -0.160. The lowest BCUT2D eigenvalue weighted by Crippen LogP contribution is -2.63. The highest BCUT2D eigenvalue weighted by atomic mass is 16.5. The molecule has 0 amide bonds. The van der Waals surface area contributed by atoms with Crippen LogP contribution in [0.3, 0.4) is 0 Å². The van der Waals surface area contributed by atoms with Crippen LogP contribution in [0.25, 0.3) is 0 Å². The average Bonchev–Trinajstić information content (AvgIpc) is 2.22. The summed E-state index contributed by atoms with van der Waals surface area (Å²) in [6.07, 6.45) is 1.91. The molecule has 2 N–H and O–H groups in total. The number of methoxy groups -OCH3 is 1. The van der Waals surface area contributed by atoms with Crippen LogP contribution < -0.4 is 5.32 Å². The highest BCUT2D eigenvalue weighted by Crippen LogP contribution is 2.39. The lowest BCUT2D eigenvalue weighted by Gasteiger charge is -2.52. The van der Waals surface area contributed by atoms with Gasteiger partial charge in [-0.15, -0.1) is 0 Å². The fourth-order valence-electron chi connectivity index (χ4n) is 3.87. The van der Waals surface area contributed by atoms with Crippen molar-refractivity contribution in [2.45, 2.75) is 71.1 Å². The molecule has 0 saturated carbocycles. The Kier molecular flexibility index (Phi) is 5.29. The Labute approximate surface area is 124 Å². The predicted octanol–water partition coefficient (Wildman–Crippen LogP) is 2.35. The number of hydrogen-bond acceptors (Lipinski definition) is 4. The first kappa shape index (κ1) is 17.9. The fourth-order valence-corrected chi connectivity index (χ4v) is 3.87. The van der Waals surface area contributed by atoms with Gasteiger partial charge in [0.2, 0.25) is 0 Å². The summed E-state index contributed by atoms with van der Waals surface area (Å²) in [6, 6.07) is 0. The normalized spacial score (nSPS) is 27.0. The topological polar surface area (TPSA) is 50.7 Å². The van der Waals surface area contributed by atoms with Crippen molar-refractivity contribution in [3.05, 3.63) is 0 Å². The minimum Gasteiger partial charge on any atom is -0.396 e. The van der Waals surface area contributed by atoms with Crippen molar-refractivity contribution in [1.82, 2.24) is 5.32 Å². The smallest absolute Gasteiger partial charge is 0.0689 e. The van der Waals surface area contributed by atoms with E-state index in [1.54, 1.807) is 7.11 Å². The summed E-state index contributed by atoms with van der Waals surface area (Å²) in [6.45, 7) is 14.1. The van der Waals surface area contributed by atoms with Crippen molar-refractivity contribution in [2.75, 3.05) is 26.9 Å². The zero-order valence-electron chi connectivity index (χ0n) is 14.3. The molecular weight excluding hydrogens is 254 g/mol. The first-order valence-electron chi connectivity index (χ1n) is 7.48. The van der Waals surface area contributed by atoms with Crippen LogP contribution in [0.1, 0.15) is 54.4 Å². The average molecular weight is 287 g/mol. The van der Waals surface area contributed by atoms with Crippen molar-refractivity contribution in [3.8, 4) is 0 Å². The van der Waals surface area contributed by atoms with E-state index in [4.69, 9.17) is 9.47 Å². The molecule has 1 aliphatic heterocycles. The summed E-state index contributed by atoms with van der Waals surface area (Å²) in [5, 5.41) is 13.2. The molecule has 0 spiro atoms. The van der Waals surface area contributed by atoms with Crippen molar-refractivity contribution in [3.63, 3.8) is 0 Å². The van der Waals surface area contributed by atoms with Gasteiger partial charge < -0.3 is 19.9 Å². The van der Waals surface area contributed by atoms with Crippen LogP contribution in [0.5, 0.6) is 0 Å². The third-order valence-electron chi connectivity index (χ3n) is 3.95. The number of aliphatic hydroxyl groups excluding tert-OH is 1. The van der Waals surface area contributed by atoms with Crippen molar-refractivity contribution in [2.24, 2.45) is 5.41 Å². The summed E-state index contributed by atoms with van der Waals surface area (Å²) < 4.78 is 11.5. The van der Waals surface area contributed by atoms with Crippen LogP contribution >= 0.6 is 0 Å².